The minimum absolute atomic E-state index is 0.261. The van der Waals surface area contributed by atoms with E-state index in [0.717, 1.165) is 35.3 Å². The lowest BCUT2D eigenvalue weighted by molar-refractivity contribution is 0.134. The van der Waals surface area contributed by atoms with E-state index in [1.54, 1.807) is 17.7 Å². The molecular formula is C16H22N4O2S. The van der Waals surface area contributed by atoms with E-state index in [0.29, 0.717) is 19.0 Å². The molecule has 2 aromatic heterocycles. The molecule has 3 heterocycles. The van der Waals surface area contributed by atoms with Crippen molar-refractivity contribution in [2.24, 2.45) is 5.92 Å². The lowest BCUT2D eigenvalue weighted by Gasteiger charge is -2.30. The van der Waals surface area contributed by atoms with Crippen LogP contribution in [0.5, 0.6) is 0 Å². The first-order chi connectivity index (χ1) is 11.0. The Kier molecular flexibility index (Phi) is 4.66. The Morgan fingerprint density at radius 2 is 2.17 bits per heavy atom. The van der Waals surface area contributed by atoms with Gasteiger partial charge in [-0.2, -0.15) is 0 Å². The second kappa shape index (κ2) is 6.70. The standard InChI is InChI=1S/C16H22N4O2S/c1-10(2)7-12-8-13-14(17-9-18-15(13)23-12)19-11-3-5-20(6-4-11)16(21)22/h8-11H,3-7H2,1-2H3,(H,21,22)(H,17,18,19). The quantitative estimate of drug-likeness (QED) is 0.895. The van der Waals surface area contributed by atoms with Gasteiger partial charge in [0, 0.05) is 24.0 Å². The van der Waals surface area contributed by atoms with Crippen LogP contribution in [0.25, 0.3) is 10.2 Å². The number of rotatable bonds is 4. The summed E-state index contributed by atoms with van der Waals surface area (Å²) in [6.45, 7) is 5.57. The van der Waals surface area contributed by atoms with Crippen molar-refractivity contribution in [1.82, 2.24) is 14.9 Å². The average Bonchev–Trinajstić information content (AvgIpc) is 2.90. The molecule has 6 nitrogen and oxygen atoms in total. The maximum atomic E-state index is 11.0. The fraction of sp³-hybridized carbons (Fsp3) is 0.562. The van der Waals surface area contributed by atoms with Crippen LogP contribution in [-0.4, -0.2) is 45.2 Å². The van der Waals surface area contributed by atoms with E-state index < -0.39 is 6.09 Å². The molecule has 0 aliphatic carbocycles. The number of aromatic nitrogens is 2. The summed E-state index contributed by atoms with van der Waals surface area (Å²) in [6.07, 6.45) is 3.44. The predicted molar refractivity (Wildman–Crippen MR) is 92.2 cm³/mol. The van der Waals surface area contributed by atoms with E-state index in [1.807, 2.05) is 0 Å². The number of nitrogens with one attached hydrogen (secondary N) is 1. The number of fused-ring (bicyclic) bond motifs is 1. The Labute approximate surface area is 139 Å². The van der Waals surface area contributed by atoms with Gasteiger partial charge in [-0.25, -0.2) is 14.8 Å². The number of amides is 1. The lowest BCUT2D eigenvalue weighted by Crippen LogP contribution is -2.41. The summed E-state index contributed by atoms with van der Waals surface area (Å²) in [5.74, 6) is 1.49. The summed E-state index contributed by atoms with van der Waals surface area (Å²) in [5.41, 5.74) is 0. The van der Waals surface area contributed by atoms with Crippen LogP contribution < -0.4 is 5.32 Å². The van der Waals surface area contributed by atoms with Gasteiger partial charge in [-0.3, -0.25) is 0 Å². The van der Waals surface area contributed by atoms with Crippen LogP contribution in [0.15, 0.2) is 12.4 Å². The highest BCUT2D eigenvalue weighted by Gasteiger charge is 2.23. The second-order valence-electron chi connectivity index (χ2n) is 6.44. The van der Waals surface area contributed by atoms with Gasteiger partial charge >= 0.3 is 6.09 Å². The van der Waals surface area contributed by atoms with E-state index in [1.165, 1.54) is 9.78 Å². The van der Waals surface area contributed by atoms with Crippen LogP contribution in [0.1, 0.15) is 31.6 Å². The highest BCUT2D eigenvalue weighted by molar-refractivity contribution is 7.18. The van der Waals surface area contributed by atoms with Crippen molar-refractivity contribution < 1.29 is 9.90 Å². The molecule has 2 aromatic rings. The predicted octanol–water partition coefficient (Wildman–Crippen LogP) is 3.44. The zero-order chi connectivity index (χ0) is 16.4. The van der Waals surface area contributed by atoms with Crippen LogP contribution in [-0.2, 0) is 6.42 Å². The largest absolute Gasteiger partial charge is 0.465 e. The summed E-state index contributed by atoms with van der Waals surface area (Å²) in [6, 6.07) is 2.45. The maximum absolute atomic E-state index is 11.0. The molecule has 0 saturated carbocycles. The minimum Gasteiger partial charge on any atom is -0.465 e. The Balaban J connectivity index is 1.73. The molecule has 1 fully saturated rings. The van der Waals surface area contributed by atoms with Gasteiger partial charge in [-0.15, -0.1) is 11.3 Å². The third kappa shape index (κ3) is 3.72. The highest BCUT2D eigenvalue weighted by Crippen LogP contribution is 2.30. The topological polar surface area (TPSA) is 78.4 Å². The molecule has 0 spiro atoms. The molecule has 7 heteroatoms. The van der Waals surface area contributed by atoms with Crippen LogP contribution in [0.3, 0.4) is 0 Å². The molecule has 0 atom stereocenters. The summed E-state index contributed by atoms with van der Waals surface area (Å²) in [5, 5.41) is 13.6. The third-order valence-electron chi connectivity index (χ3n) is 4.10. The summed E-state index contributed by atoms with van der Waals surface area (Å²) >= 11 is 1.73. The number of nitrogens with zero attached hydrogens (tertiary/aromatic N) is 3. The summed E-state index contributed by atoms with van der Waals surface area (Å²) in [7, 11) is 0. The van der Waals surface area contributed by atoms with Gasteiger partial charge in [-0.1, -0.05) is 13.8 Å². The van der Waals surface area contributed by atoms with Gasteiger partial charge in [0.15, 0.2) is 0 Å². The van der Waals surface area contributed by atoms with Crippen LogP contribution in [0.4, 0.5) is 10.6 Å². The number of carbonyl (C=O) groups is 1. The van der Waals surface area contributed by atoms with Crippen molar-refractivity contribution in [2.45, 2.75) is 39.2 Å². The molecule has 23 heavy (non-hydrogen) atoms. The van der Waals surface area contributed by atoms with Crippen molar-refractivity contribution in [2.75, 3.05) is 18.4 Å². The Hall–Kier alpha value is -1.89. The van der Waals surface area contributed by atoms with E-state index in [-0.39, 0.29) is 6.04 Å². The van der Waals surface area contributed by atoms with Crippen LogP contribution in [0, 0.1) is 5.92 Å². The Morgan fingerprint density at radius 1 is 1.43 bits per heavy atom. The lowest BCUT2D eigenvalue weighted by atomic mass is 10.1. The number of carboxylic acid groups (broad SMARTS) is 1. The first-order valence-electron chi connectivity index (χ1n) is 8.00. The van der Waals surface area contributed by atoms with Crippen molar-refractivity contribution in [1.29, 1.82) is 0 Å². The van der Waals surface area contributed by atoms with Crippen LogP contribution >= 0.6 is 11.3 Å². The van der Waals surface area contributed by atoms with Gasteiger partial charge in [0.05, 0.1) is 5.39 Å². The molecule has 0 radical (unpaired) electrons. The summed E-state index contributed by atoms with van der Waals surface area (Å²) < 4.78 is 0. The van der Waals surface area contributed by atoms with Gasteiger partial charge in [0.25, 0.3) is 0 Å². The first kappa shape index (κ1) is 16.0. The zero-order valence-corrected chi connectivity index (χ0v) is 14.3. The number of piperidine rings is 1. The van der Waals surface area contributed by atoms with E-state index in [9.17, 15) is 4.79 Å². The third-order valence-corrected chi connectivity index (χ3v) is 5.16. The smallest absolute Gasteiger partial charge is 0.407 e. The van der Waals surface area contributed by atoms with E-state index in [2.05, 4.69) is 35.2 Å². The SMILES string of the molecule is CC(C)Cc1cc2c(NC3CCN(C(=O)O)CC3)ncnc2s1. The molecule has 0 unspecified atom stereocenters. The Bertz CT molecular complexity index is 692. The van der Waals surface area contributed by atoms with Crippen molar-refractivity contribution in [3.8, 4) is 0 Å². The molecular weight excluding hydrogens is 312 g/mol. The highest BCUT2D eigenvalue weighted by atomic mass is 32.1. The number of likely N-dealkylation sites (tertiary alicyclic amines) is 1. The monoisotopic (exact) mass is 334 g/mol. The second-order valence-corrected chi connectivity index (χ2v) is 7.56. The van der Waals surface area contributed by atoms with Crippen LogP contribution in [0.2, 0.25) is 0 Å². The molecule has 0 aromatic carbocycles. The molecule has 1 aliphatic rings. The van der Waals surface area contributed by atoms with Crippen molar-refractivity contribution in [3.63, 3.8) is 0 Å². The Morgan fingerprint density at radius 3 is 2.83 bits per heavy atom. The number of hydrogen-bond donors (Lipinski definition) is 2. The fourth-order valence-corrected chi connectivity index (χ4v) is 4.14. The van der Waals surface area contributed by atoms with Crippen molar-refractivity contribution in [3.05, 3.63) is 17.3 Å². The van der Waals surface area contributed by atoms with Gasteiger partial charge in [-0.05, 0) is 31.2 Å². The molecule has 3 rings (SSSR count). The normalized spacial score (nSPS) is 16.2. The average molecular weight is 334 g/mol. The molecule has 1 aliphatic heterocycles. The number of thiophene rings is 1. The van der Waals surface area contributed by atoms with E-state index >= 15 is 0 Å². The number of anilines is 1. The molecule has 124 valence electrons. The summed E-state index contributed by atoms with van der Waals surface area (Å²) in [4.78, 5) is 23.6. The molecule has 0 bridgehead atoms. The van der Waals surface area contributed by atoms with Gasteiger partial charge in [0.1, 0.15) is 17.0 Å². The first-order valence-corrected chi connectivity index (χ1v) is 8.82. The van der Waals surface area contributed by atoms with Gasteiger partial charge < -0.3 is 15.3 Å². The number of hydrogen-bond acceptors (Lipinski definition) is 5. The molecule has 1 saturated heterocycles. The van der Waals surface area contributed by atoms with Crippen molar-refractivity contribution >= 4 is 33.5 Å². The van der Waals surface area contributed by atoms with Gasteiger partial charge in [0.2, 0.25) is 0 Å². The fourth-order valence-electron chi connectivity index (χ4n) is 2.93. The maximum Gasteiger partial charge on any atom is 0.407 e. The van der Waals surface area contributed by atoms with E-state index in [4.69, 9.17) is 5.11 Å². The molecule has 2 N–H and O–H groups in total. The molecule has 1 amide bonds. The zero-order valence-electron chi connectivity index (χ0n) is 13.5. The minimum atomic E-state index is -0.830.